The van der Waals surface area contributed by atoms with Crippen molar-refractivity contribution in [2.75, 3.05) is 14.2 Å². The van der Waals surface area contributed by atoms with Crippen molar-refractivity contribution in [1.82, 2.24) is 0 Å². The van der Waals surface area contributed by atoms with E-state index in [0.29, 0.717) is 10.2 Å². The molecule has 1 aromatic carbocycles. The van der Waals surface area contributed by atoms with Gasteiger partial charge in [0.05, 0.1) is 20.6 Å². The molecule has 1 rings (SSSR count). The van der Waals surface area contributed by atoms with E-state index in [2.05, 4.69) is 15.9 Å². The monoisotopic (exact) mass is 319 g/mol. The van der Waals surface area contributed by atoms with Crippen molar-refractivity contribution in [2.24, 2.45) is 5.73 Å². The number of carboxylic acids is 1. The number of ether oxygens (including phenoxy) is 2. The van der Waals surface area contributed by atoms with Gasteiger partial charge < -0.3 is 25.4 Å². The Morgan fingerprint density at radius 1 is 1.50 bits per heavy atom. The van der Waals surface area contributed by atoms with Crippen molar-refractivity contribution in [2.45, 2.75) is 12.5 Å². The fourth-order valence-corrected chi connectivity index (χ4v) is 2.29. The second kappa shape index (κ2) is 5.92. The molecule has 0 aliphatic carbocycles. The number of nitrogens with two attached hydrogens (primary N) is 1. The highest BCUT2D eigenvalue weighted by molar-refractivity contribution is 9.10. The van der Waals surface area contributed by atoms with Gasteiger partial charge in [-0.15, -0.1) is 0 Å². The largest absolute Gasteiger partial charge is 0.504 e. The molecule has 0 spiro atoms. The Morgan fingerprint density at radius 3 is 2.56 bits per heavy atom. The summed E-state index contributed by atoms with van der Waals surface area (Å²) in [7, 11) is 2.80. The third-order valence-electron chi connectivity index (χ3n) is 2.40. The molecule has 100 valence electrons. The number of phenolic OH excluding ortho intramolecular Hbond substituents is 1. The van der Waals surface area contributed by atoms with Crippen LogP contribution in [0.15, 0.2) is 10.5 Å². The Kier molecular flexibility index (Phi) is 4.80. The number of benzene rings is 1. The molecule has 18 heavy (non-hydrogen) atoms. The molecule has 0 aliphatic heterocycles. The number of aliphatic carboxylic acids is 1. The topological polar surface area (TPSA) is 102 Å². The van der Waals surface area contributed by atoms with Crippen LogP contribution in [-0.4, -0.2) is 30.4 Å². The number of rotatable bonds is 5. The number of carboxylic acid groups (broad SMARTS) is 1. The first-order chi connectivity index (χ1) is 8.42. The van der Waals surface area contributed by atoms with Crippen LogP contribution in [0.4, 0.5) is 0 Å². The van der Waals surface area contributed by atoms with Crippen molar-refractivity contribution in [3.8, 4) is 17.2 Å². The number of hydrogen-bond acceptors (Lipinski definition) is 5. The highest BCUT2D eigenvalue weighted by atomic mass is 79.9. The Bertz CT molecular complexity index is 463. The maximum absolute atomic E-state index is 10.7. The Balaban J connectivity index is 3.31. The highest BCUT2D eigenvalue weighted by Crippen LogP contribution is 2.45. The standard InChI is InChI=1S/C11H14BrNO5/c1-17-7-3-5(12)9(6(13)4-8(14)15)10(16)11(7)18-2/h3,6,16H,4,13H2,1-2H3,(H,14,15). The van der Waals surface area contributed by atoms with Crippen molar-refractivity contribution < 1.29 is 24.5 Å². The fraction of sp³-hybridized carbons (Fsp3) is 0.364. The molecule has 0 fully saturated rings. The van der Waals surface area contributed by atoms with Gasteiger partial charge in [0.1, 0.15) is 0 Å². The van der Waals surface area contributed by atoms with Gasteiger partial charge in [-0.2, -0.15) is 0 Å². The normalized spacial score (nSPS) is 12.0. The number of methoxy groups -OCH3 is 2. The van der Waals surface area contributed by atoms with Crippen LogP contribution in [0, 0.1) is 0 Å². The minimum atomic E-state index is -1.05. The predicted octanol–water partition coefficient (Wildman–Crippen LogP) is 1.65. The zero-order valence-corrected chi connectivity index (χ0v) is 11.5. The average molecular weight is 320 g/mol. The number of hydrogen-bond donors (Lipinski definition) is 3. The Morgan fingerprint density at radius 2 is 2.11 bits per heavy atom. The molecule has 6 nitrogen and oxygen atoms in total. The van der Waals surface area contributed by atoms with Crippen LogP contribution >= 0.6 is 15.9 Å². The van der Waals surface area contributed by atoms with Gasteiger partial charge in [0.15, 0.2) is 11.5 Å². The van der Waals surface area contributed by atoms with Crippen LogP contribution in [0.3, 0.4) is 0 Å². The molecular weight excluding hydrogens is 306 g/mol. The van der Waals surface area contributed by atoms with E-state index in [0.717, 1.165) is 0 Å². The SMILES string of the molecule is COc1cc(Br)c(C(N)CC(=O)O)c(O)c1OC. The summed E-state index contributed by atoms with van der Waals surface area (Å²) in [4.78, 5) is 10.7. The van der Waals surface area contributed by atoms with E-state index in [9.17, 15) is 9.90 Å². The molecule has 0 heterocycles. The molecule has 0 amide bonds. The number of phenols is 1. The van der Waals surface area contributed by atoms with Gasteiger partial charge in [-0.05, 0) is 6.07 Å². The molecule has 0 radical (unpaired) electrons. The first kappa shape index (κ1) is 14.6. The maximum atomic E-state index is 10.7. The summed E-state index contributed by atoms with van der Waals surface area (Å²) in [6, 6.07) is 0.715. The van der Waals surface area contributed by atoms with Gasteiger partial charge in [-0.25, -0.2) is 0 Å². The molecule has 0 bridgehead atoms. The van der Waals surface area contributed by atoms with Crippen LogP contribution in [0.25, 0.3) is 0 Å². The first-order valence-corrected chi connectivity index (χ1v) is 5.82. The minimum absolute atomic E-state index is 0.122. The van der Waals surface area contributed by atoms with E-state index in [1.807, 2.05) is 0 Å². The molecule has 0 aromatic heterocycles. The predicted molar refractivity (Wildman–Crippen MR) is 68.1 cm³/mol. The van der Waals surface area contributed by atoms with Crippen LogP contribution in [0.2, 0.25) is 0 Å². The first-order valence-electron chi connectivity index (χ1n) is 5.03. The third-order valence-corrected chi connectivity index (χ3v) is 3.05. The summed E-state index contributed by atoms with van der Waals surface area (Å²) < 4.78 is 10.5. The van der Waals surface area contributed by atoms with Crippen molar-refractivity contribution in [3.05, 3.63) is 16.1 Å². The summed E-state index contributed by atoms with van der Waals surface area (Å²) in [6.07, 6.45) is -0.304. The zero-order valence-electron chi connectivity index (χ0n) is 9.94. The molecule has 4 N–H and O–H groups in total. The lowest BCUT2D eigenvalue weighted by atomic mass is 10.0. The number of aromatic hydroxyl groups is 1. The maximum Gasteiger partial charge on any atom is 0.305 e. The van der Waals surface area contributed by atoms with Gasteiger partial charge in [-0.3, -0.25) is 4.79 Å². The summed E-state index contributed by atoms with van der Waals surface area (Å²) in [5.41, 5.74) is 6.02. The minimum Gasteiger partial charge on any atom is -0.504 e. The lowest BCUT2D eigenvalue weighted by Crippen LogP contribution is -2.16. The quantitative estimate of drug-likeness (QED) is 0.762. The zero-order chi connectivity index (χ0) is 13.9. The molecule has 0 aliphatic rings. The summed E-state index contributed by atoms with van der Waals surface area (Å²) in [5, 5.41) is 18.8. The Hall–Kier alpha value is -1.47. The van der Waals surface area contributed by atoms with Crippen LogP contribution < -0.4 is 15.2 Å². The van der Waals surface area contributed by atoms with E-state index in [1.165, 1.54) is 14.2 Å². The number of halogens is 1. The lowest BCUT2D eigenvalue weighted by molar-refractivity contribution is -0.137. The molecule has 7 heteroatoms. The molecular formula is C11H14BrNO5. The van der Waals surface area contributed by atoms with Crippen molar-refractivity contribution in [1.29, 1.82) is 0 Å². The Labute approximate surface area is 112 Å². The second-order valence-electron chi connectivity index (χ2n) is 3.56. The molecule has 1 atom stereocenters. The van der Waals surface area contributed by atoms with Gasteiger partial charge in [0.25, 0.3) is 0 Å². The molecule has 1 aromatic rings. The van der Waals surface area contributed by atoms with Crippen LogP contribution in [0.5, 0.6) is 17.2 Å². The molecule has 1 unspecified atom stereocenters. The third kappa shape index (κ3) is 2.85. The van der Waals surface area contributed by atoms with E-state index >= 15 is 0 Å². The molecule has 0 saturated carbocycles. The number of carbonyl (C=O) groups is 1. The van der Waals surface area contributed by atoms with Crippen LogP contribution in [0.1, 0.15) is 18.0 Å². The van der Waals surface area contributed by atoms with Gasteiger partial charge in [0, 0.05) is 16.1 Å². The summed E-state index contributed by atoms with van der Waals surface area (Å²) >= 11 is 3.22. The summed E-state index contributed by atoms with van der Waals surface area (Å²) in [6.45, 7) is 0. The van der Waals surface area contributed by atoms with Crippen LogP contribution in [-0.2, 0) is 4.79 Å². The van der Waals surface area contributed by atoms with E-state index in [4.69, 9.17) is 20.3 Å². The van der Waals surface area contributed by atoms with E-state index < -0.39 is 12.0 Å². The van der Waals surface area contributed by atoms with Gasteiger partial charge in [-0.1, -0.05) is 15.9 Å². The van der Waals surface area contributed by atoms with E-state index in [1.54, 1.807) is 6.07 Å². The smallest absolute Gasteiger partial charge is 0.305 e. The lowest BCUT2D eigenvalue weighted by Gasteiger charge is -2.18. The van der Waals surface area contributed by atoms with Gasteiger partial charge >= 0.3 is 5.97 Å². The van der Waals surface area contributed by atoms with Crippen molar-refractivity contribution >= 4 is 21.9 Å². The van der Waals surface area contributed by atoms with E-state index in [-0.39, 0.29) is 23.5 Å². The molecule has 0 saturated heterocycles. The fourth-order valence-electron chi connectivity index (χ4n) is 1.60. The highest BCUT2D eigenvalue weighted by Gasteiger charge is 2.23. The summed E-state index contributed by atoms with van der Waals surface area (Å²) in [5.74, 6) is -0.828. The average Bonchev–Trinajstić information content (AvgIpc) is 2.27. The van der Waals surface area contributed by atoms with Crippen molar-refractivity contribution in [3.63, 3.8) is 0 Å². The second-order valence-corrected chi connectivity index (χ2v) is 4.41. The van der Waals surface area contributed by atoms with Gasteiger partial charge in [0.2, 0.25) is 5.75 Å².